The lowest BCUT2D eigenvalue weighted by Crippen LogP contribution is -2.46. The summed E-state index contributed by atoms with van der Waals surface area (Å²) in [4.78, 5) is 54.5. The molecule has 2 aliphatic rings. The maximum Gasteiger partial charge on any atom is 0.269 e. The van der Waals surface area contributed by atoms with Crippen molar-refractivity contribution in [1.82, 2.24) is 4.90 Å². The molecular weight excluding hydrogens is 602 g/mol. The number of amides is 2. The fourth-order valence-electron chi connectivity index (χ4n) is 7.02. The van der Waals surface area contributed by atoms with Gasteiger partial charge in [0.05, 0.1) is 29.7 Å². The first-order valence-corrected chi connectivity index (χ1v) is 19.0. The van der Waals surface area contributed by atoms with Crippen molar-refractivity contribution in [3.05, 3.63) is 93.1 Å². The SMILES string of the molecule is CC(C)=CCC/C(C)=C/CN1C(=O)[C@@]2(O[C@@H](CC(=O)N(CCO)Cc3ccccc3)[C@H]([Si](C)(C)O)[C@H]2C)c2cc([N+](=O)[O-])ccc21. The summed E-state index contributed by atoms with van der Waals surface area (Å²) in [6, 6.07) is 13.9. The van der Waals surface area contributed by atoms with E-state index in [1.165, 1.54) is 17.7 Å². The molecule has 0 radical (unpaired) electrons. The average Bonchev–Trinajstić information content (AvgIpc) is 3.41. The molecule has 1 spiro atoms. The van der Waals surface area contributed by atoms with Gasteiger partial charge in [-0.25, -0.2) is 0 Å². The van der Waals surface area contributed by atoms with Crippen LogP contribution in [0.2, 0.25) is 18.6 Å². The highest BCUT2D eigenvalue weighted by atomic mass is 28.4. The van der Waals surface area contributed by atoms with E-state index in [1.807, 2.05) is 50.3 Å². The standard InChI is InChI=1S/C35H47N3O7Si/c1-24(2)11-10-12-25(3)17-18-37-30-16-15-28(38(42)43)21-29(30)35(34(37)41)26(4)33(46(5,6)44)31(45-35)22-32(40)36(19-20-39)23-27-13-8-7-9-14-27/h7-9,11,13-17,21,26,31,33,39,44H,10,12,18-20,22-23H2,1-6H3/b25-17+/t26-,31+,33-,35+/m1/s1. The van der Waals surface area contributed by atoms with E-state index in [1.54, 1.807) is 29.0 Å². The molecule has 46 heavy (non-hydrogen) atoms. The molecule has 248 valence electrons. The minimum absolute atomic E-state index is 0.110. The molecule has 2 aromatic carbocycles. The van der Waals surface area contributed by atoms with E-state index >= 15 is 0 Å². The molecule has 2 amide bonds. The Kier molecular flexibility index (Phi) is 11.0. The van der Waals surface area contributed by atoms with Crippen molar-refractivity contribution in [2.24, 2.45) is 5.92 Å². The number of fused-ring (bicyclic) bond motifs is 2. The molecule has 0 aliphatic carbocycles. The van der Waals surface area contributed by atoms with Gasteiger partial charge in [-0.2, -0.15) is 0 Å². The van der Waals surface area contributed by atoms with Crippen LogP contribution in [0.3, 0.4) is 0 Å². The van der Waals surface area contributed by atoms with E-state index in [0.717, 1.165) is 24.0 Å². The van der Waals surface area contributed by atoms with Crippen LogP contribution in [0.15, 0.2) is 71.8 Å². The minimum atomic E-state index is -3.07. The first-order chi connectivity index (χ1) is 21.7. The molecule has 10 nitrogen and oxygen atoms in total. The number of nitrogens with zero attached hydrogens (tertiary/aromatic N) is 3. The number of aliphatic hydroxyl groups is 1. The van der Waals surface area contributed by atoms with Crippen LogP contribution in [0, 0.1) is 16.0 Å². The Morgan fingerprint density at radius 3 is 2.46 bits per heavy atom. The quantitative estimate of drug-likeness (QED) is 0.121. The topological polar surface area (TPSA) is 133 Å². The van der Waals surface area contributed by atoms with E-state index < -0.39 is 36.4 Å². The summed E-state index contributed by atoms with van der Waals surface area (Å²) in [5.74, 6) is -1.19. The molecule has 11 heteroatoms. The van der Waals surface area contributed by atoms with Crippen LogP contribution in [-0.2, 0) is 26.5 Å². The first kappa shape index (κ1) is 35.2. The van der Waals surface area contributed by atoms with E-state index in [2.05, 4.69) is 19.9 Å². The number of anilines is 1. The van der Waals surface area contributed by atoms with Crippen molar-refractivity contribution < 1.29 is 29.2 Å². The van der Waals surface area contributed by atoms with E-state index in [4.69, 9.17) is 4.74 Å². The molecule has 2 aliphatic heterocycles. The molecule has 1 fully saturated rings. The molecule has 1 saturated heterocycles. The second-order valence-electron chi connectivity index (χ2n) is 13.3. The summed E-state index contributed by atoms with van der Waals surface area (Å²) in [5.41, 5.74) is 1.89. The highest BCUT2D eigenvalue weighted by Crippen LogP contribution is 2.60. The summed E-state index contributed by atoms with van der Waals surface area (Å²) in [7, 11) is -3.07. The summed E-state index contributed by atoms with van der Waals surface area (Å²) in [6.45, 7) is 12.0. The Hall–Kier alpha value is -3.64. The molecule has 0 saturated carbocycles. The van der Waals surface area contributed by atoms with Crippen LogP contribution in [0.4, 0.5) is 11.4 Å². The molecule has 2 N–H and O–H groups in total. The number of carbonyl (C=O) groups excluding carboxylic acids is 2. The Balaban J connectivity index is 1.71. The zero-order chi connectivity index (χ0) is 33.8. The van der Waals surface area contributed by atoms with Gasteiger partial charge in [0.2, 0.25) is 5.91 Å². The Morgan fingerprint density at radius 2 is 1.85 bits per heavy atom. The Labute approximate surface area is 272 Å². The van der Waals surface area contributed by atoms with Gasteiger partial charge >= 0.3 is 0 Å². The fraction of sp³-hybridized carbons (Fsp3) is 0.486. The van der Waals surface area contributed by atoms with Crippen LogP contribution in [-0.4, -0.2) is 65.7 Å². The zero-order valence-corrected chi connectivity index (χ0v) is 28.7. The summed E-state index contributed by atoms with van der Waals surface area (Å²) >= 11 is 0. The maximum atomic E-state index is 14.6. The van der Waals surface area contributed by atoms with Gasteiger partial charge in [-0.3, -0.25) is 19.7 Å². The average molecular weight is 650 g/mol. The van der Waals surface area contributed by atoms with Crippen LogP contribution in [0.1, 0.15) is 58.1 Å². The Bertz CT molecular complexity index is 1500. The number of carbonyl (C=O) groups is 2. The number of ether oxygens (including phenoxy) is 1. The molecule has 4 rings (SSSR count). The smallest absolute Gasteiger partial charge is 0.269 e. The number of nitro benzene ring substituents is 1. The van der Waals surface area contributed by atoms with Crippen molar-refractivity contribution in [1.29, 1.82) is 0 Å². The van der Waals surface area contributed by atoms with E-state index in [9.17, 15) is 29.6 Å². The van der Waals surface area contributed by atoms with Crippen LogP contribution in [0.5, 0.6) is 0 Å². The molecule has 2 aromatic rings. The summed E-state index contributed by atoms with van der Waals surface area (Å²) < 4.78 is 6.73. The predicted molar refractivity (Wildman–Crippen MR) is 181 cm³/mol. The number of benzene rings is 2. The van der Waals surface area contributed by atoms with Crippen LogP contribution < -0.4 is 4.90 Å². The predicted octanol–water partition coefficient (Wildman–Crippen LogP) is 5.84. The van der Waals surface area contributed by atoms with Gasteiger partial charge in [-0.05, 0) is 58.3 Å². The molecule has 2 heterocycles. The molecule has 0 aromatic heterocycles. The fourth-order valence-corrected chi connectivity index (χ4v) is 9.57. The molecule has 0 bridgehead atoms. The number of nitro groups is 1. The van der Waals surface area contributed by atoms with Crippen molar-refractivity contribution in [2.45, 2.75) is 83.8 Å². The van der Waals surface area contributed by atoms with Gasteiger partial charge in [0.25, 0.3) is 11.6 Å². The number of non-ortho nitro benzene ring substituents is 1. The number of rotatable bonds is 13. The van der Waals surface area contributed by atoms with E-state index in [-0.39, 0.29) is 43.6 Å². The van der Waals surface area contributed by atoms with Crippen LogP contribution in [0.25, 0.3) is 0 Å². The lowest BCUT2D eigenvalue weighted by atomic mass is 9.82. The Morgan fingerprint density at radius 1 is 1.15 bits per heavy atom. The molecular formula is C35H47N3O7Si. The second-order valence-corrected chi connectivity index (χ2v) is 17.3. The zero-order valence-electron chi connectivity index (χ0n) is 27.7. The lowest BCUT2D eigenvalue weighted by molar-refractivity contribution is -0.385. The van der Waals surface area contributed by atoms with Crippen molar-refractivity contribution >= 4 is 31.5 Å². The largest absolute Gasteiger partial charge is 0.432 e. The maximum absolute atomic E-state index is 14.6. The third-order valence-corrected chi connectivity index (χ3v) is 11.7. The van der Waals surface area contributed by atoms with Crippen molar-refractivity contribution in [3.63, 3.8) is 0 Å². The molecule has 4 atom stereocenters. The highest BCUT2D eigenvalue weighted by molar-refractivity contribution is 6.71. The number of hydrogen-bond acceptors (Lipinski definition) is 7. The van der Waals surface area contributed by atoms with Gasteiger partial charge < -0.3 is 24.4 Å². The van der Waals surface area contributed by atoms with Crippen molar-refractivity contribution in [2.75, 3.05) is 24.6 Å². The molecule has 0 unspecified atom stereocenters. The number of hydrogen-bond donors (Lipinski definition) is 2. The van der Waals surface area contributed by atoms with E-state index in [0.29, 0.717) is 17.8 Å². The van der Waals surface area contributed by atoms with Gasteiger partial charge in [0, 0.05) is 48.8 Å². The first-order valence-electron chi connectivity index (χ1n) is 15.9. The summed E-state index contributed by atoms with van der Waals surface area (Å²) in [5, 5.41) is 21.6. The second kappa shape index (κ2) is 14.4. The normalized spacial score (nSPS) is 22.7. The third kappa shape index (κ3) is 7.33. The van der Waals surface area contributed by atoms with Gasteiger partial charge in [-0.1, -0.05) is 60.6 Å². The monoisotopic (exact) mass is 649 g/mol. The van der Waals surface area contributed by atoms with Gasteiger partial charge in [-0.15, -0.1) is 0 Å². The third-order valence-electron chi connectivity index (χ3n) is 9.21. The minimum Gasteiger partial charge on any atom is -0.432 e. The lowest BCUT2D eigenvalue weighted by Gasteiger charge is -2.32. The number of allylic oxidation sites excluding steroid dienone is 3. The summed E-state index contributed by atoms with van der Waals surface area (Å²) in [6.07, 6.45) is 4.96. The highest BCUT2D eigenvalue weighted by Gasteiger charge is 2.66. The number of aliphatic hydroxyl groups excluding tert-OH is 1. The van der Waals surface area contributed by atoms with Gasteiger partial charge in [0.1, 0.15) is 0 Å². The van der Waals surface area contributed by atoms with Crippen LogP contribution >= 0.6 is 0 Å². The van der Waals surface area contributed by atoms with Gasteiger partial charge in [0.15, 0.2) is 13.9 Å². The van der Waals surface area contributed by atoms with Crippen molar-refractivity contribution in [3.8, 4) is 0 Å².